The summed E-state index contributed by atoms with van der Waals surface area (Å²) in [7, 11) is 0. The van der Waals surface area contributed by atoms with Gasteiger partial charge in [0.2, 0.25) is 0 Å². The lowest BCUT2D eigenvalue weighted by molar-refractivity contribution is -0.0172. The predicted molar refractivity (Wildman–Crippen MR) is 127 cm³/mol. The average molecular weight is 533 g/mol. The lowest BCUT2D eigenvalue weighted by atomic mass is 10.1. The standard InChI is InChI=1S/C21H28FN3O2S.HI/c1-3-23-21(25-12-15(2)9-19-5-4-8-28-19)24-7-6-16-10-18(22)11-17-13-26-14-27-20(16)17;/h4-5,8,10-11,15H,3,6-7,9,12-14H2,1-2H3,(H2,23,24,25);1H. The summed E-state index contributed by atoms with van der Waals surface area (Å²) in [6.45, 7) is 7.05. The number of hydrogen-bond donors (Lipinski definition) is 2. The van der Waals surface area contributed by atoms with Gasteiger partial charge in [0, 0.05) is 30.1 Å². The summed E-state index contributed by atoms with van der Waals surface area (Å²) in [6.07, 6.45) is 1.69. The van der Waals surface area contributed by atoms with Crippen LogP contribution in [0.2, 0.25) is 0 Å². The van der Waals surface area contributed by atoms with Crippen LogP contribution in [0.4, 0.5) is 4.39 Å². The molecule has 160 valence electrons. The number of hydrogen-bond acceptors (Lipinski definition) is 4. The minimum Gasteiger partial charge on any atom is -0.467 e. The normalized spacial score (nSPS) is 14.4. The second-order valence-electron chi connectivity index (χ2n) is 6.95. The van der Waals surface area contributed by atoms with Gasteiger partial charge >= 0.3 is 0 Å². The molecule has 0 saturated carbocycles. The van der Waals surface area contributed by atoms with E-state index in [1.54, 1.807) is 17.4 Å². The van der Waals surface area contributed by atoms with Crippen molar-refractivity contribution < 1.29 is 13.9 Å². The molecule has 1 aromatic carbocycles. The van der Waals surface area contributed by atoms with Gasteiger partial charge in [-0.3, -0.25) is 4.99 Å². The fraction of sp³-hybridized carbons (Fsp3) is 0.476. The molecule has 1 atom stereocenters. The molecule has 0 aliphatic carbocycles. The average Bonchev–Trinajstić information content (AvgIpc) is 3.19. The van der Waals surface area contributed by atoms with E-state index in [9.17, 15) is 4.39 Å². The van der Waals surface area contributed by atoms with Crippen LogP contribution in [-0.2, 0) is 24.2 Å². The molecule has 0 spiro atoms. The quantitative estimate of drug-likeness (QED) is 0.301. The van der Waals surface area contributed by atoms with Crippen molar-refractivity contribution in [3.63, 3.8) is 0 Å². The first-order valence-corrected chi connectivity index (χ1v) is 10.6. The van der Waals surface area contributed by atoms with Crippen LogP contribution in [0.5, 0.6) is 5.75 Å². The Morgan fingerprint density at radius 1 is 1.34 bits per heavy atom. The summed E-state index contributed by atoms with van der Waals surface area (Å²) >= 11 is 1.79. The minimum absolute atomic E-state index is 0. The first-order chi connectivity index (χ1) is 13.7. The lowest BCUT2D eigenvalue weighted by Crippen LogP contribution is -2.38. The molecule has 3 rings (SSSR count). The van der Waals surface area contributed by atoms with Crippen LogP contribution in [0.3, 0.4) is 0 Å². The van der Waals surface area contributed by atoms with Crippen LogP contribution < -0.4 is 15.4 Å². The van der Waals surface area contributed by atoms with E-state index < -0.39 is 0 Å². The number of ether oxygens (including phenoxy) is 2. The molecule has 1 aliphatic heterocycles. The van der Waals surface area contributed by atoms with E-state index in [1.807, 2.05) is 6.92 Å². The Hall–Kier alpha value is -1.39. The van der Waals surface area contributed by atoms with Gasteiger partial charge in [-0.1, -0.05) is 13.0 Å². The Morgan fingerprint density at radius 2 is 2.21 bits per heavy atom. The SMILES string of the molecule is CCNC(=NCC(C)Cc1cccs1)NCCc1cc(F)cc2c1OCOC2.I. The van der Waals surface area contributed by atoms with Crippen molar-refractivity contribution in [3.05, 3.63) is 51.5 Å². The summed E-state index contributed by atoms with van der Waals surface area (Å²) in [5, 5.41) is 8.72. The number of guanidine groups is 1. The summed E-state index contributed by atoms with van der Waals surface area (Å²) in [4.78, 5) is 6.09. The largest absolute Gasteiger partial charge is 0.467 e. The van der Waals surface area contributed by atoms with Crippen molar-refractivity contribution in [2.24, 2.45) is 10.9 Å². The highest BCUT2D eigenvalue weighted by molar-refractivity contribution is 14.0. The van der Waals surface area contributed by atoms with Crippen LogP contribution in [0, 0.1) is 11.7 Å². The minimum atomic E-state index is -0.258. The number of fused-ring (bicyclic) bond motifs is 1. The van der Waals surface area contributed by atoms with E-state index in [2.05, 4.69) is 35.1 Å². The topological polar surface area (TPSA) is 54.9 Å². The highest BCUT2D eigenvalue weighted by Gasteiger charge is 2.16. The molecule has 2 aromatic rings. The third-order valence-corrected chi connectivity index (χ3v) is 5.37. The molecule has 0 saturated heterocycles. The Labute approximate surface area is 193 Å². The zero-order valence-electron chi connectivity index (χ0n) is 16.9. The molecule has 29 heavy (non-hydrogen) atoms. The monoisotopic (exact) mass is 533 g/mol. The molecule has 5 nitrogen and oxygen atoms in total. The molecule has 1 aromatic heterocycles. The molecule has 0 radical (unpaired) electrons. The molecule has 1 unspecified atom stereocenters. The van der Waals surface area contributed by atoms with Gasteiger partial charge < -0.3 is 20.1 Å². The predicted octanol–water partition coefficient (Wildman–Crippen LogP) is 4.35. The maximum absolute atomic E-state index is 13.9. The van der Waals surface area contributed by atoms with Crippen LogP contribution in [0.1, 0.15) is 29.9 Å². The van der Waals surface area contributed by atoms with Gasteiger partial charge in [0.25, 0.3) is 0 Å². The molecule has 0 fully saturated rings. The second-order valence-corrected chi connectivity index (χ2v) is 7.98. The number of nitrogens with one attached hydrogen (secondary N) is 2. The highest BCUT2D eigenvalue weighted by Crippen LogP contribution is 2.29. The van der Waals surface area contributed by atoms with Gasteiger partial charge in [0.1, 0.15) is 11.6 Å². The van der Waals surface area contributed by atoms with E-state index in [-0.39, 0.29) is 36.6 Å². The molecule has 8 heteroatoms. The fourth-order valence-electron chi connectivity index (χ4n) is 3.18. The van der Waals surface area contributed by atoms with Crippen LogP contribution >= 0.6 is 35.3 Å². The summed E-state index contributed by atoms with van der Waals surface area (Å²) < 4.78 is 24.7. The van der Waals surface area contributed by atoms with Gasteiger partial charge in [-0.05, 0) is 54.8 Å². The Balaban J connectivity index is 0.00000300. The van der Waals surface area contributed by atoms with Gasteiger partial charge in [-0.25, -0.2) is 4.39 Å². The van der Waals surface area contributed by atoms with Crippen molar-refractivity contribution in [1.82, 2.24) is 10.6 Å². The maximum Gasteiger partial charge on any atom is 0.191 e. The molecule has 0 amide bonds. The highest BCUT2D eigenvalue weighted by atomic mass is 127. The smallest absolute Gasteiger partial charge is 0.191 e. The second kappa shape index (κ2) is 12.3. The van der Waals surface area contributed by atoms with Crippen LogP contribution in [-0.4, -0.2) is 32.4 Å². The number of nitrogens with zero attached hydrogens (tertiary/aromatic N) is 1. The van der Waals surface area contributed by atoms with Crippen LogP contribution in [0.15, 0.2) is 34.6 Å². The molecule has 2 N–H and O–H groups in total. The van der Waals surface area contributed by atoms with Gasteiger partial charge in [0.05, 0.1) is 6.61 Å². The zero-order valence-corrected chi connectivity index (χ0v) is 20.0. The maximum atomic E-state index is 13.9. The fourth-order valence-corrected chi connectivity index (χ4v) is 4.05. The van der Waals surface area contributed by atoms with E-state index in [0.717, 1.165) is 42.3 Å². The third-order valence-electron chi connectivity index (χ3n) is 4.47. The first kappa shape index (κ1) is 23.9. The molecule has 2 heterocycles. The first-order valence-electron chi connectivity index (χ1n) is 9.72. The van der Waals surface area contributed by atoms with Crippen molar-refractivity contribution in [3.8, 4) is 5.75 Å². The molecular weight excluding hydrogens is 504 g/mol. The number of benzene rings is 1. The van der Waals surface area contributed by atoms with E-state index in [4.69, 9.17) is 14.5 Å². The van der Waals surface area contributed by atoms with Gasteiger partial charge in [-0.2, -0.15) is 0 Å². The summed E-state index contributed by atoms with van der Waals surface area (Å²) in [5.74, 6) is 1.75. The zero-order chi connectivity index (χ0) is 19.8. The van der Waals surface area contributed by atoms with E-state index >= 15 is 0 Å². The molecule has 1 aliphatic rings. The van der Waals surface area contributed by atoms with Gasteiger partial charge in [-0.15, -0.1) is 35.3 Å². The van der Waals surface area contributed by atoms with Crippen molar-refractivity contribution >= 4 is 41.3 Å². The lowest BCUT2D eigenvalue weighted by Gasteiger charge is -2.21. The van der Waals surface area contributed by atoms with Crippen LogP contribution in [0.25, 0.3) is 0 Å². The molecular formula is C21H29FIN3O2S. The number of rotatable bonds is 8. The number of halogens is 2. The Bertz CT molecular complexity index is 786. The summed E-state index contributed by atoms with van der Waals surface area (Å²) in [6, 6.07) is 7.27. The summed E-state index contributed by atoms with van der Waals surface area (Å²) in [5.41, 5.74) is 1.62. The van der Waals surface area contributed by atoms with Gasteiger partial charge in [0.15, 0.2) is 12.8 Å². The Kier molecular flexibility index (Phi) is 10.2. The molecule has 0 bridgehead atoms. The Morgan fingerprint density at radius 3 is 2.97 bits per heavy atom. The van der Waals surface area contributed by atoms with Crippen molar-refractivity contribution in [2.75, 3.05) is 26.4 Å². The van der Waals surface area contributed by atoms with Crippen molar-refractivity contribution in [2.45, 2.75) is 33.3 Å². The third kappa shape index (κ3) is 7.42. The number of aliphatic imine (C=N–C) groups is 1. The van der Waals surface area contributed by atoms with E-state index in [0.29, 0.717) is 25.5 Å². The van der Waals surface area contributed by atoms with E-state index in [1.165, 1.54) is 10.9 Å². The number of thiophene rings is 1. The van der Waals surface area contributed by atoms with Crippen molar-refractivity contribution in [1.29, 1.82) is 0 Å².